The van der Waals surface area contributed by atoms with E-state index in [2.05, 4.69) is 103 Å². The third-order valence-corrected chi connectivity index (χ3v) is 4.13. The van der Waals surface area contributed by atoms with Gasteiger partial charge < -0.3 is 0 Å². The Labute approximate surface area is 139 Å². The van der Waals surface area contributed by atoms with E-state index in [4.69, 9.17) is 0 Å². The number of rotatable bonds is 6. The van der Waals surface area contributed by atoms with Crippen LogP contribution in [0.25, 0.3) is 6.08 Å². The molecule has 0 radical (unpaired) electrons. The van der Waals surface area contributed by atoms with Gasteiger partial charge >= 0.3 is 0 Å². The summed E-state index contributed by atoms with van der Waals surface area (Å²) in [7, 11) is 0. The van der Waals surface area contributed by atoms with Crippen molar-refractivity contribution in [1.29, 1.82) is 0 Å². The van der Waals surface area contributed by atoms with Crippen LogP contribution in [0.3, 0.4) is 0 Å². The van der Waals surface area contributed by atoms with Gasteiger partial charge in [-0.2, -0.15) is 0 Å². The molecule has 0 aliphatic heterocycles. The lowest BCUT2D eigenvalue weighted by Crippen LogP contribution is -2.02. The highest BCUT2D eigenvalue weighted by molar-refractivity contribution is 5.48. The second-order valence-electron chi connectivity index (χ2n) is 5.85. The van der Waals surface area contributed by atoms with Crippen molar-refractivity contribution in [2.45, 2.75) is 18.8 Å². The second-order valence-corrected chi connectivity index (χ2v) is 5.85. The van der Waals surface area contributed by atoms with E-state index >= 15 is 0 Å². The lowest BCUT2D eigenvalue weighted by Gasteiger charge is -2.16. The molecule has 23 heavy (non-hydrogen) atoms. The van der Waals surface area contributed by atoms with Crippen LogP contribution < -0.4 is 0 Å². The summed E-state index contributed by atoms with van der Waals surface area (Å²) >= 11 is 0. The molecule has 0 spiro atoms. The van der Waals surface area contributed by atoms with Crippen molar-refractivity contribution in [2.75, 3.05) is 0 Å². The van der Waals surface area contributed by atoms with Crippen molar-refractivity contribution in [1.82, 2.24) is 0 Å². The fourth-order valence-electron chi connectivity index (χ4n) is 2.89. The van der Waals surface area contributed by atoms with Gasteiger partial charge in [-0.25, -0.2) is 0 Å². The molecule has 3 rings (SSSR count). The lowest BCUT2D eigenvalue weighted by molar-refractivity contribution is 0.697. The summed E-state index contributed by atoms with van der Waals surface area (Å²) in [5.41, 5.74) is 4.07. The van der Waals surface area contributed by atoms with Crippen LogP contribution in [0.1, 0.15) is 29.0 Å². The molecule has 1 unspecified atom stereocenters. The molecule has 0 saturated carbocycles. The van der Waals surface area contributed by atoms with Gasteiger partial charge in [0.15, 0.2) is 0 Å². The highest BCUT2D eigenvalue weighted by Gasteiger charge is 2.10. The van der Waals surface area contributed by atoms with E-state index < -0.39 is 0 Å². The molecule has 0 N–H and O–H groups in total. The van der Waals surface area contributed by atoms with Gasteiger partial charge in [0, 0.05) is 0 Å². The first-order chi connectivity index (χ1) is 11.4. The van der Waals surface area contributed by atoms with Crippen LogP contribution in [-0.4, -0.2) is 0 Å². The monoisotopic (exact) mass is 298 g/mol. The quantitative estimate of drug-likeness (QED) is 0.514. The zero-order chi connectivity index (χ0) is 15.7. The Kier molecular flexibility index (Phi) is 5.42. The van der Waals surface area contributed by atoms with Crippen molar-refractivity contribution >= 4 is 6.08 Å². The molecule has 0 aromatic heterocycles. The van der Waals surface area contributed by atoms with Crippen LogP contribution >= 0.6 is 0 Å². The van der Waals surface area contributed by atoms with Gasteiger partial charge in [-0.3, -0.25) is 0 Å². The van der Waals surface area contributed by atoms with Gasteiger partial charge in [-0.15, -0.1) is 0 Å². The van der Waals surface area contributed by atoms with Gasteiger partial charge in [-0.1, -0.05) is 103 Å². The molecule has 0 heteroatoms. The maximum Gasteiger partial charge on any atom is -0.00868 e. The summed E-state index contributed by atoms with van der Waals surface area (Å²) in [5.74, 6) is 0.513. The van der Waals surface area contributed by atoms with Gasteiger partial charge in [0.1, 0.15) is 0 Å². The van der Waals surface area contributed by atoms with Crippen molar-refractivity contribution in [3.8, 4) is 0 Å². The smallest absolute Gasteiger partial charge is 0.00868 e. The van der Waals surface area contributed by atoms with Crippen LogP contribution in [-0.2, 0) is 6.42 Å². The van der Waals surface area contributed by atoms with Crippen LogP contribution in [0, 0.1) is 0 Å². The van der Waals surface area contributed by atoms with E-state index in [1.54, 1.807) is 0 Å². The Morgan fingerprint density at radius 3 is 1.87 bits per heavy atom. The van der Waals surface area contributed by atoms with E-state index in [0.29, 0.717) is 5.92 Å². The Hall–Kier alpha value is -2.60. The van der Waals surface area contributed by atoms with Gasteiger partial charge in [0.25, 0.3) is 0 Å². The summed E-state index contributed by atoms with van der Waals surface area (Å²) in [5, 5.41) is 0. The fourth-order valence-corrected chi connectivity index (χ4v) is 2.89. The average molecular weight is 298 g/mol. The highest BCUT2D eigenvalue weighted by atomic mass is 14.1. The van der Waals surface area contributed by atoms with Crippen LogP contribution in [0.15, 0.2) is 97.1 Å². The first kappa shape index (κ1) is 15.3. The van der Waals surface area contributed by atoms with Crippen molar-refractivity contribution in [3.63, 3.8) is 0 Å². The molecule has 0 amide bonds. The van der Waals surface area contributed by atoms with E-state index in [-0.39, 0.29) is 0 Å². The predicted molar refractivity (Wildman–Crippen MR) is 99.4 cm³/mol. The summed E-state index contributed by atoms with van der Waals surface area (Å²) in [6.07, 6.45) is 6.65. The summed E-state index contributed by atoms with van der Waals surface area (Å²) in [6, 6.07) is 32.1. The third-order valence-electron chi connectivity index (χ3n) is 4.13. The number of hydrogen-bond donors (Lipinski definition) is 0. The minimum absolute atomic E-state index is 0.513. The largest absolute Gasteiger partial charge is 0.0833 e. The molecular weight excluding hydrogens is 276 g/mol. The Morgan fingerprint density at radius 2 is 1.22 bits per heavy atom. The highest BCUT2D eigenvalue weighted by Crippen LogP contribution is 2.25. The number of benzene rings is 3. The normalized spacial score (nSPS) is 12.3. The summed E-state index contributed by atoms with van der Waals surface area (Å²) in [6.45, 7) is 0. The minimum atomic E-state index is 0.513. The maximum absolute atomic E-state index is 2.30. The Balaban J connectivity index is 1.74. The molecule has 3 aromatic rings. The van der Waals surface area contributed by atoms with E-state index in [1.807, 2.05) is 0 Å². The summed E-state index contributed by atoms with van der Waals surface area (Å²) < 4.78 is 0. The molecule has 0 aliphatic carbocycles. The second kappa shape index (κ2) is 8.14. The molecule has 1 atom stereocenters. The molecule has 0 bridgehead atoms. The molecule has 0 saturated heterocycles. The van der Waals surface area contributed by atoms with Gasteiger partial charge in [0.05, 0.1) is 0 Å². The molecule has 0 nitrogen and oxygen atoms in total. The standard InChI is InChI=1S/C23H22/c1-4-11-20(12-5-1)15-10-18-23(22-16-8-3-9-17-22)19-21-13-6-2-7-14-21/h1-17,23H,18-19H2/b15-10+. The van der Waals surface area contributed by atoms with Crippen molar-refractivity contribution in [2.24, 2.45) is 0 Å². The van der Waals surface area contributed by atoms with Gasteiger partial charge in [0.2, 0.25) is 0 Å². The predicted octanol–water partition coefficient (Wildman–Crippen LogP) is 6.12. The average Bonchev–Trinajstić information content (AvgIpc) is 2.63. The van der Waals surface area contributed by atoms with Crippen LogP contribution in [0.5, 0.6) is 0 Å². The first-order valence-corrected chi connectivity index (χ1v) is 8.22. The SMILES string of the molecule is C(=C\c1ccccc1)/CC(Cc1ccccc1)c1ccccc1. The van der Waals surface area contributed by atoms with Crippen LogP contribution in [0.4, 0.5) is 0 Å². The van der Waals surface area contributed by atoms with Crippen LogP contribution in [0.2, 0.25) is 0 Å². The van der Waals surface area contributed by atoms with E-state index in [9.17, 15) is 0 Å². The lowest BCUT2D eigenvalue weighted by atomic mass is 9.89. The Morgan fingerprint density at radius 1 is 0.652 bits per heavy atom. The summed E-state index contributed by atoms with van der Waals surface area (Å²) in [4.78, 5) is 0. The molecule has 114 valence electrons. The van der Waals surface area contributed by atoms with Gasteiger partial charge in [-0.05, 0) is 35.4 Å². The van der Waals surface area contributed by atoms with E-state index in [0.717, 1.165) is 12.8 Å². The molecular formula is C23H22. The molecule has 0 aliphatic rings. The fraction of sp³-hybridized carbons (Fsp3) is 0.130. The number of hydrogen-bond acceptors (Lipinski definition) is 0. The maximum atomic E-state index is 2.30. The molecule has 3 aromatic carbocycles. The van der Waals surface area contributed by atoms with Crippen molar-refractivity contribution in [3.05, 3.63) is 114 Å². The molecule has 0 heterocycles. The molecule has 0 fully saturated rings. The topological polar surface area (TPSA) is 0 Å². The van der Waals surface area contributed by atoms with E-state index in [1.165, 1.54) is 16.7 Å². The first-order valence-electron chi connectivity index (χ1n) is 8.22. The number of allylic oxidation sites excluding steroid dienone is 1. The van der Waals surface area contributed by atoms with Crippen molar-refractivity contribution < 1.29 is 0 Å². The minimum Gasteiger partial charge on any atom is -0.0833 e. The third kappa shape index (κ3) is 4.69. The Bertz CT molecular complexity index is 712. The zero-order valence-electron chi connectivity index (χ0n) is 13.3. The zero-order valence-corrected chi connectivity index (χ0v) is 13.3.